The highest BCUT2D eigenvalue weighted by Gasteiger charge is 2.14. The van der Waals surface area contributed by atoms with Crippen molar-refractivity contribution in [3.8, 4) is 11.1 Å². The van der Waals surface area contributed by atoms with Crippen LogP contribution in [0.25, 0.3) is 22.0 Å². The Bertz CT molecular complexity index is 914. The molecular formula is C17H14N2O3. The number of nitrogens with zero attached hydrogens (tertiary/aromatic N) is 1. The number of aryl methyl sites for hydroxylation is 1. The normalized spacial score (nSPS) is 10.8. The number of nitrogens with one attached hydrogen (secondary N) is 1. The number of aromatic nitrogens is 2. The minimum absolute atomic E-state index is 0.244. The molecule has 3 aromatic rings. The number of carbonyl (C=O) groups is 1. The molecule has 2 heterocycles. The van der Waals surface area contributed by atoms with Crippen molar-refractivity contribution in [3.05, 3.63) is 64.2 Å². The summed E-state index contributed by atoms with van der Waals surface area (Å²) in [5.74, 6) is -1.22. The number of H-pyrrole nitrogens is 1. The fourth-order valence-electron chi connectivity index (χ4n) is 2.56. The Kier molecular flexibility index (Phi) is 3.47. The fourth-order valence-corrected chi connectivity index (χ4v) is 2.56. The molecular weight excluding hydrogens is 280 g/mol. The van der Waals surface area contributed by atoms with E-state index in [2.05, 4.69) is 9.97 Å². The summed E-state index contributed by atoms with van der Waals surface area (Å²) in [4.78, 5) is 30.3. The first-order valence-corrected chi connectivity index (χ1v) is 6.93. The van der Waals surface area contributed by atoms with Crippen LogP contribution in [0.2, 0.25) is 0 Å². The predicted octanol–water partition coefficient (Wildman–Crippen LogP) is 2.85. The van der Waals surface area contributed by atoms with Crippen LogP contribution in [-0.4, -0.2) is 21.0 Å². The van der Waals surface area contributed by atoms with Crippen LogP contribution in [0.4, 0.5) is 0 Å². The predicted molar refractivity (Wildman–Crippen MR) is 84.1 cm³/mol. The van der Waals surface area contributed by atoms with E-state index in [1.54, 1.807) is 18.5 Å². The molecule has 0 bridgehead atoms. The summed E-state index contributed by atoms with van der Waals surface area (Å²) in [6, 6.07) is 7.47. The summed E-state index contributed by atoms with van der Waals surface area (Å²) in [6.07, 6.45) is 5.42. The van der Waals surface area contributed by atoms with Gasteiger partial charge in [-0.2, -0.15) is 0 Å². The molecule has 0 atom stereocenters. The molecule has 0 aliphatic rings. The third-order valence-corrected chi connectivity index (χ3v) is 3.71. The highest BCUT2D eigenvalue weighted by atomic mass is 16.4. The van der Waals surface area contributed by atoms with Crippen molar-refractivity contribution in [2.75, 3.05) is 0 Å². The lowest BCUT2D eigenvalue weighted by molar-refractivity contribution is 0.0695. The van der Waals surface area contributed by atoms with Gasteiger partial charge in [0.05, 0.1) is 0 Å². The molecule has 3 rings (SSSR count). The van der Waals surface area contributed by atoms with E-state index in [1.165, 1.54) is 6.20 Å². The maximum Gasteiger partial charge on any atom is 0.341 e. The van der Waals surface area contributed by atoms with Gasteiger partial charge in [-0.3, -0.25) is 9.78 Å². The zero-order valence-corrected chi connectivity index (χ0v) is 12.0. The average molecular weight is 294 g/mol. The number of aromatic carboxylic acids is 1. The quantitative estimate of drug-likeness (QED) is 0.778. The van der Waals surface area contributed by atoms with Crippen LogP contribution >= 0.6 is 0 Å². The zero-order valence-electron chi connectivity index (χ0n) is 12.0. The number of fused-ring (bicyclic) bond motifs is 1. The van der Waals surface area contributed by atoms with Gasteiger partial charge in [0.2, 0.25) is 5.43 Å². The third kappa shape index (κ3) is 2.26. The van der Waals surface area contributed by atoms with Gasteiger partial charge in [-0.25, -0.2) is 4.79 Å². The third-order valence-electron chi connectivity index (χ3n) is 3.71. The molecule has 0 spiro atoms. The number of carboxylic acids is 1. The van der Waals surface area contributed by atoms with Crippen LogP contribution in [-0.2, 0) is 6.42 Å². The van der Waals surface area contributed by atoms with E-state index < -0.39 is 11.4 Å². The van der Waals surface area contributed by atoms with Gasteiger partial charge >= 0.3 is 5.97 Å². The van der Waals surface area contributed by atoms with E-state index in [9.17, 15) is 9.59 Å². The van der Waals surface area contributed by atoms with Crippen LogP contribution in [0, 0.1) is 0 Å². The summed E-state index contributed by atoms with van der Waals surface area (Å²) >= 11 is 0. The molecule has 0 radical (unpaired) electrons. The lowest BCUT2D eigenvalue weighted by Gasteiger charge is -2.10. The monoisotopic (exact) mass is 294 g/mol. The average Bonchev–Trinajstić information content (AvgIpc) is 2.54. The maximum atomic E-state index is 12.3. The Labute approximate surface area is 126 Å². The van der Waals surface area contributed by atoms with Crippen molar-refractivity contribution >= 4 is 16.9 Å². The van der Waals surface area contributed by atoms with Crippen LogP contribution in [0.1, 0.15) is 22.8 Å². The molecule has 5 nitrogen and oxygen atoms in total. The van der Waals surface area contributed by atoms with Gasteiger partial charge in [0, 0.05) is 29.5 Å². The molecule has 5 heteroatoms. The standard InChI is InChI=1S/C17H14N2O3/c1-2-10-7-13-15(19-9-14(16(13)20)17(21)22)8-12(10)11-3-5-18-6-4-11/h3-9H,2H2,1H3,(H,19,20)(H,21,22). The van der Waals surface area contributed by atoms with E-state index in [-0.39, 0.29) is 5.56 Å². The molecule has 2 N–H and O–H groups in total. The van der Waals surface area contributed by atoms with Gasteiger partial charge in [0.15, 0.2) is 0 Å². The molecule has 0 fully saturated rings. The second kappa shape index (κ2) is 5.44. The van der Waals surface area contributed by atoms with Crippen LogP contribution in [0.5, 0.6) is 0 Å². The van der Waals surface area contributed by atoms with Gasteiger partial charge in [0.25, 0.3) is 0 Å². The summed E-state index contributed by atoms with van der Waals surface area (Å²) in [5.41, 5.74) is 2.93. The summed E-state index contributed by atoms with van der Waals surface area (Å²) in [7, 11) is 0. The van der Waals surface area contributed by atoms with Crippen molar-refractivity contribution in [1.29, 1.82) is 0 Å². The minimum Gasteiger partial charge on any atom is -0.477 e. The fraction of sp³-hybridized carbons (Fsp3) is 0.118. The molecule has 0 amide bonds. The minimum atomic E-state index is -1.22. The van der Waals surface area contributed by atoms with Crippen LogP contribution < -0.4 is 5.43 Å². The molecule has 0 aliphatic carbocycles. The Morgan fingerprint density at radius 2 is 2.00 bits per heavy atom. The smallest absolute Gasteiger partial charge is 0.341 e. The Morgan fingerprint density at radius 3 is 2.64 bits per heavy atom. The van der Waals surface area contributed by atoms with E-state index in [0.29, 0.717) is 10.9 Å². The topological polar surface area (TPSA) is 83.0 Å². The molecule has 1 aromatic carbocycles. The Hall–Kier alpha value is -2.95. The van der Waals surface area contributed by atoms with Crippen molar-refractivity contribution in [1.82, 2.24) is 9.97 Å². The molecule has 0 aliphatic heterocycles. The maximum absolute atomic E-state index is 12.3. The molecule has 0 saturated heterocycles. The van der Waals surface area contributed by atoms with E-state index >= 15 is 0 Å². The van der Waals surface area contributed by atoms with E-state index in [4.69, 9.17) is 5.11 Å². The highest BCUT2D eigenvalue weighted by molar-refractivity contribution is 5.94. The highest BCUT2D eigenvalue weighted by Crippen LogP contribution is 2.27. The largest absolute Gasteiger partial charge is 0.477 e. The number of hydrogen-bond donors (Lipinski definition) is 2. The van der Waals surface area contributed by atoms with Crippen molar-refractivity contribution in [2.45, 2.75) is 13.3 Å². The van der Waals surface area contributed by atoms with Gasteiger partial charge in [-0.05, 0) is 47.4 Å². The molecule has 110 valence electrons. The van der Waals surface area contributed by atoms with Gasteiger partial charge < -0.3 is 10.1 Å². The van der Waals surface area contributed by atoms with Crippen molar-refractivity contribution in [3.63, 3.8) is 0 Å². The summed E-state index contributed by atoms with van der Waals surface area (Å²) in [5, 5.41) is 9.46. The Morgan fingerprint density at radius 1 is 1.27 bits per heavy atom. The zero-order chi connectivity index (χ0) is 15.7. The molecule has 0 saturated carbocycles. The molecule has 22 heavy (non-hydrogen) atoms. The van der Waals surface area contributed by atoms with Crippen LogP contribution in [0.15, 0.2) is 47.7 Å². The van der Waals surface area contributed by atoms with Gasteiger partial charge in [0.1, 0.15) is 5.56 Å². The second-order valence-electron chi connectivity index (χ2n) is 4.98. The number of benzene rings is 1. The second-order valence-corrected chi connectivity index (χ2v) is 4.98. The number of carboxylic acid groups (broad SMARTS) is 1. The van der Waals surface area contributed by atoms with Crippen molar-refractivity contribution < 1.29 is 9.90 Å². The number of pyridine rings is 2. The number of hydrogen-bond acceptors (Lipinski definition) is 3. The van der Waals surface area contributed by atoms with Gasteiger partial charge in [-0.15, -0.1) is 0 Å². The lowest BCUT2D eigenvalue weighted by atomic mass is 9.96. The summed E-state index contributed by atoms with van der Waals surface area (Å²) in [6.45, 7) is 2.00. The Balaban J connectivity index is 2.32. The first-order valence-electron chi connectivity index (χ1n) is 6.93. The number of aromatic amines is 1. The first-order chi connectivity index (χ1) is 10.6. The van der Waals surface area contributed by atoms with Crippen molar-refractivity contribution in [2.24, 2.45) is 0 Å². The summed E-state index contributed by atoms with van der Waals surface area (Å²) < 4.78 is 0. The van der Waals surface area contributed by atoms with Gasteiger partial charge in [-0.1, -0.05) is 6.92 Å². The van der Waals surface area contributed by atoms with E-state index in [0.717, 1.165) is 23.1 Å². The lowest BCUT2D eigenvalue weighted by Crippen LogP contribution is -2.15. The molecule has 0 unspecified atom stereocenters. The SMILES string of the molecule is CCc1cc2c(=O)c(C(=O)O)c[nH]c2cc1-c1ccncc1. The number of rotatable bonds is 3. The van der Waals surface area contributed by atoms with Crippen LogP contribution in [0.3, 0.4) is 0 Å². The molecule has 2 aromatic heterocycles. The first kappa shape index (κ1) is 14.0. The van der Waals surface area contributed by atoms with E-state index in [1.807, 2.05) is 25.1 Å².